The van der Waals surface area contributed by atoms with E-state index >= 15 is 0 Å². The highest BCUT2D eigenvalue weighted by molar-refractivity contribution is 9.10. The third-order valence-electron chi connectivity index (χ3n) is 4.60. The van der Waals surface area contributed by atoms with Crippen LogP contribution in [0.3, 0.4) is 0 Å². The third kappa shape index (κ3) is 3.54. The van der Waals surface area contributed by atoms with E-state index in [-0.39, 0.29) is 5.91 Å². The number of amides is 1. The highest BCUT2D eigenvalue weighted by atomic mass is 79.9. The quantitative estimate of drug-likeness (QED) is 0.656. The zero-order valence-electron chi connectivity index (χ0n) is 14.4. The number of benzene rings is 2. The van der Waals surface area contributed by atoms with E-state index in [0.29, 0.717) is 5.56 Å². The van der Waals surface area contributed by atoms with Crippen LogP contribution in [0.1, 0.15) is 27.2 Å². The minimum absolute atomic E-state index is 0.369. The molecule has 2 aromatic carbocycles. The molecule has 0 bridgehead atoms. The Bertz CT molecular complexity index is 896. The Labute approximate surface area is 156 Å². The van der Waals surface area contributed by atoms with E-state index in [2.05, 4.69) is 44.8 Å². The summed E-state index contributed by atoms with van der Waals surface area (Å²) in [5.41, 5.74) is 11.6. The van der Waals surface area contributed by atoms with Gasteiger partial charge in [-0.15, -0.1) is 0 Å². The van der Waals surface area contributed by atoms with Crippen molar-refractivity contribution >= 4 is 21.8 Å². The summed E-state index contributed by atoms with van der Waals surface area (Å²) in [5.74, 6) is -0.369. The Balaban J connectivity index is 2.07. The first-order valence-corrected chi connectivity index (χ1v) is 9.07. The number of aromatic nitrogens is 1. The van der Waals surface area contributed by atoms with Crippen molar-refractivity contribution in [2.24, 2.45) is 5.73 Å². The molecule has 0 aliphatic rings. The lowest BCUT2D eigenvalue weighted by Gasteiger charge is -2.13. The second-order valence-electron chi connectivity index (χ2n) is 6.19. The molecule has 0 atom stereocenters. The van der Waals surface area contributed by atoms with Crippen LogP contribution in [-0.2, 0) is 13.0 Å². The standard InChI is InChI=1S/C21H21BrN2O/c1-14-19(21(23)25)15(2)24(13-12-16-6-4-3-5-7-16)20(14)17-8-10-18(22)11-9-17/h3-11H,12-13H2,1-2H3,(H2,23,25). The van der Waals surface area contributed by atoms with Gasteiger partial charge in [0, 0.05) is 16.7 Å². The monoisotopic (exact) mass is 396 g/mol. The van der Waals surface area contributed by atoms with Gasteiger partial charge >= 0.3 is 0 Å². The highest BCUT2D eigenvalue weighted by Gasteiger charge is 2.21. The van der Waals surface area contributed by atoms with Crippen molar-refractivity contribution in [1.29, 1.82) is 0 Å². The SMILES string of the molecule is Cc1c(C(N)=O)c(C)n(CCc2ccccc2)c1-c1ccc(Br)cc1. The number of hydrogen-bond donors (Lipinski definition) is 1. The summed E-state index contributed by atoms with van der Waals surface area (Å²) in [6.07, 6.45) is 0.900. The van der Waals surface area contributed by atoms with Crippen LogP contribution in [0.2, 0.25) is 0 Å². The molecule has 0 unspecified atom stereocenters. The van der Waals surface area contributed by atoms with Gasteiger partial charge in [0.2, 0.25) is 0 Å². The summed E-state index contributed by atoms with van der Waals surface area (Å²) in [6.45, 7) is 4.75. The summed E-state index contributed by atoms with van der Waals surface area (Å²) in [4.78, 5) is 12.0. The Kier molecular flexibility index (Phi) is 5.09. The smallest absolute Gasteiger partial charge is 0.250 e. The number of primary amides is 1. The average Bonchev–Trinajstić information content (AvgIpc) is 2.85. The summed E-state index contributed by atoms with van der Waals surface area (Å²) in [5, 5.41) is 0. The fourth-order valence-corrected chi connectivity index (χ4v) is 3.67. The maximum absolute atomic E-state index is 12.0. The van der Waals surface area contributed by atoms with Gasteiger partial charge in [-0.1, -0.05) is 58.4 Å². The fourth-order valence-electron chi connectivity index (χ4n) is 3.40. The number of nitrogens with two attached hydrogens (primary N) is 1. The largest absolute Gasteiger partial charge is 0.366 e. The molecule has 1 heterocycles. The first-order valence-electron chi connectivity index (χ1n) is 8.28. The average molecular weight is 397 g/mol. The van der Waals surface area contributed by atoms with Crippen LogP contribution in [0, 0.1) is 13.8 Å². The molecular weight excluding hydrogens is 376 g/mol. The van der Waals surface area contributed by atoms with E-state index in [4.69, 9.17) is 5.73 Å². The van der Waals surface area contributed by atoms with Gasteiger partial charge in [-0.05, 0) is 49.1 Å². The van der Waals surface area contributed by atoms with Gasteiger partial charge in [-0.3, -0.25) is 4.79 Å². The maximum Gasteiger partial charge on any atom is 0.250 e. The molecule has 1 amide bonds. The number of rotatable bonds is 5. The first-order chi connectivity index (χ1) is 12.0. The topological polar surface area (TPSA) is 48.0 Å². The molecule has 0 fully saturated rings. The molecule has 0 saturated heterocycles. The van der Waals surface area contributed by atoms with Crippen molar-refractivity contribution in [1.82, 2.24) is 4.57 Å². The number of carbonyl (C=O) groups is 1. The normalized spacial score (nSPS) is 10.8. The van der Waals surface area contributed by atoms with E-state index in [1.165, 1.54) is 5.56 Å². The van der Waals surface area contributed by atoms with Gasteiger partial charge in [0.05, 0.1) is 11.3 Å². The highest BCUT2D eigenvalue weighted by Crippen LogP contribution is 2.32. The number of nitrogens with zero attached hydrogens (tertiary/aromatic N) is 1. The zero-order valence-corrected chi connectivity index (χ0v) is 16.0. The molecular formula is C21H21BrN2O. The van der Waals surface area contributed by atoms with Gasteiger partial charge in [0.25, 0.3) is 5.91 Å². The molecule has 25 heavy (non-hydrogen) atoms. The Morgan fingerprint density at radius 2 is 1.68 bits per heavy atom. The van der Waals surface area contributed by atoms with Gasteiger partial charge in [0.1, 0.15) is 0 Å². The van der Waals surface area contributed by atoms with Gasteiger partial charge < -0.3 is 10.3 Å². The molecule has 0 saturated carbocycles. The van der Waals surface area contributed by atoms with Gasteiger partial charge in [-0.25, -0.2) is 0 Å². The van der Waals surface area contributed by atoms with Crippen LogP contribution in [-0.4, -0.2) is 10.5 Å². The molecule has 3 aromatic rings. The number of carbonyl (C=O) groups excluding carboxylic acids is 1. The molecule has 128 valence electrons. The Morgan fingerprint density at radius 1 is 1.04 bits per heavy atom. The van der Waals surface area contributed by atoms with Crippen molar-refractivity contribution in [2.75, 3.05) is 0 Å². The van der Waals surface area contributed by atoms with Crippen LogP contribution in [0.5, 0.6) is 0 Å². The molecule has 0 radical (unpaired) electrons. The minimum atomic E-state index is -0.369. The van der Waals surface area contributed by atoms with E-state index in [1.807, 2.05) is 44.2 Å². The maximum atomic E-state index is 12.0. The van der Waals surface area contributed by atoms with Crippen molar-refractivity contribution in [2.45, 2.75) is 26.8 Å². The summed E-state index contributed by atoms with van der Waals surface area (Å²) >= 11 is 3.48. The number of halogens is 1. The van der Waals surface area contributed by atoms with Crippen molar-refractivity contribution in [3.63, 3.8) is 0 Å². The van der Waals surface area contributed by atoms with Crippen LogP contribution in [0.4, 0.5) is 0 Å². The Morgan fingerprint density at radius 3 is 2.28 bits per heavy atom. The van der Waals surface area contributed by atoms with Gasteiger partial charge in [0.15, 0.2) is 0 Å². The molecule has 0 aliphatic heterocycles. The van der Waals surface area contributed by atoms with E-state index in [0.717, 1.165) is 40.0 Å². The second kappa shape index (κ2) is 7.28. The van der Waals surface area contributed by atoms with E-state index < -0.39 is 0 Å². The lowest BCUT2D eigenvalue weighted by Crippen LogP contribution is -2.13. The molecule has 0 aliphatic carbocycles. The van der Waals surface area contributed by atoms with Crippen LogP contribution >= 0.6 is 15.9 Å². The summed E-state index contributed by atoms with van der Waals surface area (Å²) in [6, 6.07) is 18.5. The predicted molar refractivity (Wildman–Crippen MR) is 106 cm³/mol. The Hall–Kier alpha value is -2.33. The zero-order chi connectivity index (χ0) is 18.0. The molecule has 4 heteroatoms. The van der Waals surface area contributed by atoms with Crippen LogP contribution in [0.25, 0.3) is 11.3 Å². The van der Waals surface area contributed by atoms with Crippen LogP contribution < -0.4 is 5.73 Å². The molecule has 3 nitrogen and oxygen atoms in total. The van der Waals surface area contributed by atoms with Gasteiger partial charge in [-0.2, -0.15) is 0 Å². The molecule has 3 rings (SSSR count). The van der Waals surface area contributed by atoms with Crippen molar-refractivity contribution in [3.05, 3.63) is 81.5 Å². The number of aryl methyl sites for hydroxylation is 1. The van der Waals surface area contributed by atoms with E-state index in [9.17, 15) is 4.79 Å². The fraction of sp³-hybridized carbons (Fsp3) is 0.190. The molecule has 0 spiro atoms. The predicted octanol–water partition coefficient (Wildman–Crippen LogP) is 4.88. The third-order valence-corrected chi connectivity index (χ3v) is 5.13. The van der Waals surface area contributed by atoms with Crippen molar-refractivity contribution < 1.29 is 4.79 Å². The summed E-state index contributed by atoms with van der Waals surface area (Å²) < 4.78 is 3.24. The molecule has 2 N–H and O–H groups in total. The van der Waals surface area contributed by atoms with Crippen molar-refractivity contribution in [3.8, 4) is 11.3 Å². The lowest BCUT2D eigenvalue weighted by molar-refractivity contribution is 0.0999. The first kappa shape index (κ1) is 17.5. The molecule has 1 aromatic heterocycles. The summed E-state index contributed by atoms with van der Waals surface area (Å²) in [7, 11) is 0. The minimum Gasteiger partial charge on any atom is -0.366 e. The second-order valence-corrected chi connectivity index (χ2v) is 7.11. The number of hydrogen-bond acceptors (Lipinski definition) is 1. The van der Waals surface area contributed by atoms with E-state index in [1.54, 1.807) is 0 Å². The lowest BCUT2D eigenvalue weighted by atomic mass is 10.0. The van der Waals surface area contributed by atoms with Crippen LogP contribution in [0.15, 0.2) is 59.1 Å².